The van der Waals surface area contributed by atoms with Gasteiger partial charge in [-0.25, -0.2) is 0 Å². The Morgan fingerprint density at radius 3 is 2.90 bits per heavy atom. The van der Waals surface area contributed by atoms with Crippen molar-refractivity contribution in [1.29, 1.82) is 0 Å². The molecule has 0 radical (unpaired) electrons. The fraction of sp³-hybridized carbons (Fsp3) is 0.571. The van der Waals surface area contributed by atoms with Crippen molar-refractivity contribution in [3.63, 3.8) is 0 Å². The summed E-state index contributed by atoms with van der Waals surface area (Å²) < 4.78 is 5.14. The topological polar surface area (TPSA) is 81.6 Å². The number of rotatable bonds is 5. The highest BCUT2D eigenvalue weighted by Gasteiger charge is 2.22. The molecule has 6 nitrogen and oxygen atoms in total. The molecule has 1 aromatic carbocycles. The van der Waals surface area contributed by atoms with Crippen LogP contribution in [0.2, 0.25) is 0 Å². The van der Waals surface area contributed by atoms with Crippen LogP contribution in [0.25, 0.3) is 0 Å². The van der Waals surface area contributed by atoms with E-state index in [0.717, 1.165) is 24.9 Å². The largest absolute Gasteiger partial charge is 0.496 e. The number of nitrogens with zero attached hydrogens (tertiary/aromatic N) is 2. The third-order valence-corrected chi connectivity index (χ3v) is 3.80. The van der Waals surface area contributed by atoms with Crippen LogP contribution < -0.4 is 10.5 Å². The molecule has 1 heterocycles. The molecule has 1 aliphatic heterocycles. The average molecular weight is 279 g/mol. The first-order chi connectivity index (χ1) is 9.63. The summed E-state index contributed by atoms with van der Waals surface area (Å²) in [5, 5.41) is 11.0. The fourth-order valence-electron chi connectivity index (χ4n) is 2.73. The molecule has 1 aliphatic rings. The second-order valence-corrected chi connectivity index (χ2v) is 5.15. The third-order valence-electron chi connectivity index (χ3n) is 3.80. The highest BCUT2D eigenvalue weighted by atomic mass is 16.6. The van der Waals surface area contributed by atoms with Crippen LogP contribution >= 0.6 is 0 Å². The lowest BCUT2D eigenvalue weighted by molar-refractivity contribution is -0.385. The quantitative estimate of drug-likeness (QED) is 0.657. The molecular formula is C14H21N3O3. The molecular weight excluding hydrogens is 258 g/mol. The van der Waals surface area contributed by atoms with E-state index in [1.54, 1.807) is 6.07 Å². The van der Waals surface area contributed by atoms with Gasteiger partial charge >= 0.3 is 0 Å². The van der Waals surface area contributed by atoms with Crippen LogP contribution in [0.5, 0.6) is 5.75 Å². The Labute approximate surface area is 118 Å². The minimum Gasteiger partial charge on any atom is -0.496 e. The van der Waals surface area contributed by atoms with E-state index in [2.05, 4.69) is 4.90 Å². The third kappa shape index (κ3) is 3.46. The van der Waals surface area contributed by atoms with Gasteiger partial charge in [-0.15, -0.1) is 0 Å². The molecule has 2 rings (SSSR count). The number of hydrogen-bond acceptors (Lipinski definition) is 5. The summed E-state index contributed by atoms with van der Waals surface area (Å²) >= 11 is 0. The summed E-state index contributed by atoms with van der Waals surface area (Å²) in [6.07, 6.45) is 3.46. The van der Waals surface area contributed by atoms with Crippen LogP contribution in [0.3, 0.4) is 0 Å². The lowest BCUT2D eigenvalue weighted by Crippen LogP contribution is -2.43. The number of nitrogens with two attached hydrogens (primary N) is 1. The van der Waals surface area contributed by atoms with Crippen molar-refractivity contribution in [3.05, 3.63) is 33.9 Å². The Bertz CT molecular complexity index is 479. The summed E-state index contributed by atoms with van der Waals surface area (Å²) in [4.78, 5) is 12.9. The Kier molecular flexibility index (Phi) is 4.92. The Morgan fingerprint density at radius 1 is 1.45 bits per heavy atom. The minimum absolute atomic E-state index is 0.0701. The standard InChI is InChI=1S/C14H21N3O3/c1-20-14-7-11(6-13(8-14)17(18)19)10-16-5-3-2-4-12(16)9-15/h6-8,12H,2-5,9-10,15H2,1H3. The Hall–Kier alpha value is -1.66. The fourth-order valence-corrected chi connectivity index (χ4v) is 2.73. The van der Waals surface area contributed by atoms with Crippen molar-refractivity contribution >= 4 is 5.69 Å². The zero-order chi connectivity index (χ0) is 14.5. The number of nitro benzene ring substituents is 1. The van der Waals surface area contributed by atoms with Crippen LogP contribution in [0.15, 0.2) is 18.2 Å². The molecule has 110 valence electrons. The van der Waals surface area contributed by atoms with Crippen LogP contribution in [-0.2, 0) is 6.54 Å². The van der Waals surface area contributed by atoms with Gasteiger partial charge in [0.15, 0.2) is 0 Å². The number of nitro groups is 1. The van der Waals surface area contributed by atoms with Gasteiger partial charge < -0.3 is 10.5 Å². The van der Waals surface area contributed by atoms with E-state index in [1.807, 2.05) is 6.07 Å². The van der Waals surface area contributed by atoms with Gasteiger partial charge in [-0.3, -0.25) is 15.0 Å². The summed E-state index contributed by atoms with van der Waals surface area (Å²) in [7, 11) is 1.52. The van der Waals surface area contributed by atoms with E-state index in [-0.39, 0.29) is 10.6 Å². The molecule has 0 aliphatic carbocycles. The van der Waals surface area contributed by atoms with Crippen molar-refractivity contribution < 1.29 is 9.66 Å². The number of hydrogen-bond donors (Lipinski definition) is 1. The number of piperidine rings is 1. The second-order valence-electron chi connectivity index (χ2n) is 5.15. The summed E-state index contributed by atoms with van der Waals surface area (Å²) in [5.74, 6) is 0.524. The number of benzene rings is 1. The van der Waals surface area contributed by atoms with E-state index >= 15 is 0 Å². The maximum Gasteiger partial charge on any atom is 0.273 e. The number of non-ortho nitro benzene ring substituents is 1. The lowest BCUT2D eigenvalue weighted by atomic mass is 10.0. The average Bonchev–Trinajstić information content (AvgIpc) is 2.47. The number of ether oxygens (including phenoxy) is 1. The first-order valence-corrected chi connectivity index (χ1v) is 6.90. The number of methoxy groups -OCH3 is 1. The van der Waals surface area contributed by atoms with Crippen molar-refractivity contribution in [2.45, 2.75) is 31.8 Å². The summed E-state index contributed by atoms with van der Waals surface area (Å²) in [6, 6.07) is 5.29. The molecule has 0 saturated carbocycles. The van der Waals surface area contributed by atoms with Crippen LogP contribution in [-0.4, -0.2) is 36.1 Å². The smallest absolute Gasteiger partial charge is 0.273 e. The van der Waals surface area contributed by atoms with Gasteiger partial charge in [0.25, 0.3) is 5.69 Å². The van der Waals surface area contributed by atoms with Crippen LogP contribution in [0.1, 0.15) is 24.8 Å². The molecule has 1 unspecified atom stereocenters. The molecule has 20 heavy (non-hydrogen) atoms. The van der Waals surface area contributed by atoms with Gasteiger partial charge in [0.2, 0.25) is 0 Å². The van der Waals surface area contributed by atoms with E-state index in [0.29, 0.717) is 24.9 Å². The van der Waals surface area contributed by atoms with Crippen LogP contribution in [0, 0.1) is 10.1 Å². The predicted octanol–water partition coefficient (Wildman–Crippen LogP) is 1.92. The van der Waals surface area contributed by atoms with Crippen molar-refractivity contribution in [3.8, 4) is 5.75 Å². The first-order valence-electron chi connectivity index (χ1n) is 6.90. The zero-order valence-electron chi connectivity index (χ0n) is 11.7. The normalized spacial score (nSPS) is 19.8. The first kappa shape index (κ1) is 14.7. The molecule has 2 N–H and O–H groups in total. The number of likely N-dealkylation sites (tertiary alicyclic amines) is 1. The SMILES string of the molecule is COc1cc(CN2CCCCC2CN)cc([N+](=O)[O-])c1. The Morgan fingerprint density at radius 2 is 2.25 bits per heavy atom. The minimum atomic E-state index is -0.386. The van der Waals surface area contributed by atoms with E-state index in [9.17, 15) is 10.1 Å². The maximum atomic E-state index is 11.0. The molecule has 0 aromatic heterocycles. The zero-order valence-corrected chi connectivity index (χ0v) is 11.7. The second kappa shape index (κ2) is 6.67. The highest BCUT2D eigenvalue weighted by molar-refractivity contribution is 5.42. The van der Waals surface area contributed by atoms with Crippen molar-refractivity contribution in [2.75, 3.05) is 20.2 Å². The van der Waals surface area contributed by atoms with E-state index < -0.39 is 0 Å². The molecule has 0 amide bonds. The molecule has 1 atom stereocenters. The van der Waals surface area contributed by atoms with Gasteiger partial charge in [-0.05, 0) is 31.0 Å². The molecule has 1 aromatic rings. The van der Waals surface area contributed by atoms with E-state index in [4.69, 9.17) is 10.5 Å². The summed E-state index contributed by atoms with van der Waals surface area (Å²) in [5.41, 5.74) is 6.78. The molecule has 1 fully saturated rings. The van der Waals surface area contributed by atoms with Gasteiger partial charge in [-0.1, -0.05) is 6.42 Å². The molecule has 0 spiro atoms. The van der Waals surface area contributed by atoms with Gasteiger partial charge in [0.1, 0.15) is 5.75 Å². The predicted molar refractivity (Wildman–Crippen MR) is 76.8 cm³/mol. The Balaban J connectivity index is 2.18. The molecule has 6 heteroatoms. The molecule has 0 bridgehead atoms. The van der Waals surface area contributed by atoms with Crippen molar-refractivity contribution in [2.24, 2.45) is 5.73 Å². The maximum absolute atomic E-state index is 11.0. The van der Waals surface area contributed by atoms with Gasteiger partial charge in [-0.2, -0.15) is 0 Å². The monoisotopic (exact) mass is 279 g/mol. The summed E-state index contributed by atoms with van der Waals surface area (Å²) in [6.45, 7) is 2.30. The van der Waals surface area contributed by atoms with Crippen LogP contribution in [0.4, 0.5) is 5.69 Å². The van der Waals surface area contributed by atoms with Crippen molar-refractivity contribution in [1.82, 2.24) is 4.90 Å². The van der Waals surface area contributed by atoms with Gasteiger partial charge in [0.05, 0.1) is 18.1 Å². The van der Waals surface area contributed by atoms with E-state index in [1.165, 1.54) is 19.6 Å². The lowest BCUT2D eigenvalue weighted by Gasteiger charge is -2.35. The molecule has 1 saturated heterocycles. The highest BCUT2D eigenvalue weighted by Crippen LogP contribution is 2.25. The van der Waals surface area contributed by atoms with Gasteiger partial charge in [0, 0.05) is 25.2 Å².